The predicted octanol–water partition coefficient (Wildman–Crippen LogP) is 7.14. The molecule has 0 atom stereocenters. The Kier molecular flexibility index (Phi) is 9.72. The molecule has 1 aromatic carbocycles. The van der Waals surface area contributed by atoms with E-state index in [4.69, 9.17) is 16.9 Å². The van der Waals surface area contributed by atoms with Crippen LogP contribution >= 0.6 is 11.6 Å². The summed E-state index contributed by atoms with van der Waals surface area (Å²) < 4.78 is 287. The van der Waals surface area contributed by atoms with Gasteiger partial charge in [0.05, 0.1) is 21.7 Å². The lowest BCUT2D eigenvalue weighted by Crippen LogP contribution is -2.75. The number of sulfonamides is 1. The third kappa shape index (κ3) is 5.36. The number of anilines is 1. The largest absolute Gasteiger partial charge is 0.460 e. The lowest BCUT2D eigenvalue weighted by Gasteiger charge is -2.42. The van der Waals surface area contributed by atoms with Crippen LogP contribution in [0.25, 0.3) is 0 Å². The first-order valence-corrected chi connectivity index (χ1v) is 13.0. The number of rotatable bonds is 11. The van der Waals surface area contributed by atoms with Crippen LogP contribution in [0.3, 0.4) is 0 Å². The Morgan fingerprint density at radius 2 is 1.07 bits per heavy atom. The van der Waals surface area contributed by atoms with Crippen LogP contribution in [0.4, 0.5) is 84.8 Å². The van der Waals surface area contributed by atoms with Gasteiger partial charge in [0, 0.05) is 11.5 Å². The molecular weight excluding hydrogens is 738 g/mol. The summed E-state index contributed by atoms with van der Waals surface area (Å²) in [5, 5.41) is -1.06. The molecule has 252 valence electrons. The van der Waals surface area contributed by atoms with Gasteiger partial charge in [0.1, 0.15) is 0 Å². The van der Waals surface area contributed by atoms with Gasteiger partial charge in [-0.25, -0.2) is 8.42 Å². The number of nitriles is 1. The number of halogens is 19. The topological polar surface area (TPSA) is 95.3 Å². The first kappa shape index (κ1) is 39.2. The first-order valence-electron chi connectivity index (χ1n) is 9.62. The van der Waals surface area contributed by atoms with E-state index >= 15 is 0 Å². The van der Waals surface area contributed by atoms with E-state index < -0.39 is 93.0 Å². The van der Waals surface area contributed by atoms with Gasteiger partial charge in [0.25, 0.3) is 0 Å². The lowest BCUT2D eigenvalue weighted by molar-refractivity contribution is -0.458. The Balaban J connectivity index is 3.87. The molecule has 0 bridgehead atoms. The molecule has 0 unspecified atom stereocenters. The van der Waals surface area contributed by atoms with Crippen LogP contribution in [0.15, 0.2) is 34.6 Å². The molecular formula is C17H5ClF18N2O4S2. The zero-order valence-corrected chi connectivity index (χ0v) is 21.8. The van der Waals surface area contributed by atoms with Gasteiger partial charge in [0.15, 0.2) is 0 Å². The molecule has 0 saturated heterocycles. The van der Waals surface area contributed by atoms with E-state index in [9.17, 15) is 96.0 Å². The number of sulfone groups is 1. The number of hydrogen-bond acceptors (Lipinski definition) is 5. The number of alkyl halides is 17. The van der Waals surface area contributed by atoms with E-state index in [-0.39, 0.29) is 23.6 Å². The van der Waals surface area contributed by atoms with Gasteiger partial charge in [-0.15, -0.1) is 0 Å². The van der Waals surface area contributed by atoms with Crippen molar-refractivity contribution < 1.29 is 96.0 Å². The average molecular weight is 743 g/mol. The fraction of sp³-hybridized carbons (Fsp3) is 0.471. The molecule has 0 aromatic heterocycles. The third-order valence-electron chi connectivity index (χ3n) is 4.97. The first-order chi connectivity index (χ1) is 19.1. The van der Waals surface area contributed by atoms with Crippen LogP contribution in [0.1, 0.15) is 0 Å². The highest BCUT2D eigenvalue weighted by atomic mass is 35.5. The lowest BCUT2D eigenvalue weighted by atomic mass is 9.91. The molecule has 0 aliphatic carbocycles. The molecule has 0 aliphatic heterocycles. The molecule has 1 aromatic rings. The quantitative estimate of drug-likeness (QED) is 0.137. The molecule has 0 amide bonds. The molecule has 0 heterocycles. The molecule has 0 spiro atoms. The molecule has 1 rings (SSSR count). The Labute approximate surface area is 236 Å². The summed E-state index contributed by atoms with van der Waals surface area (Å²) in [6, 6.07) is 0.496. The van der Waals surface area contributed by atoms with Crippen molar-refractivity contribution in [3.8, 4) is 6.07 Å². The van der Waals surface area contributed by atoms with Crippen LogP contribution in [-0.4, -0.2) is 63.8 Å². The number of nitrogens with zero attached hydrogens (tertiary/aromatic N) is 2. The van der Waals surface area contributed by atoms with Crippen molar-refractivity contribution in [2.75, 3.05) is 4.53 Å². The second kappa shape index (κ2) is 10.9. The van der Waals surface area contributed by atoms with Gasteiger partial charge in [0.2, 0.25) is 9.84 Å². The monoisotopic (exact) mass is 742 g/mol. The molecule has 44 heavy (non-hydrogen) atoms. The smallest absolute Gasteiger partial charge is 0.219 e. The highest BCUT2D eigenvalue weighted by Crippen LogP contribution is 2.64. The van der Waals surface area contributed by atoms with E-state index in [2.05, 4.69) is 0 Å². The second-order valence-electron chi connectivity index (χ2n) is 7.77. The molecule has 0 fully saturated rings. The summed E-state index contributed by atoms with van der Waals surface area (Å²) in [7, 11) is -13.5. The van der Waals surface area contributed by atoms with Crippen LogP contribution in [-0.2, 0) is 19.9 Å². The molecule has 0 N–H and O–H groups in total. The summed E-state index contributed by atoms with van der Waals surface area (Å²) in [6.07, 6.45) is -7.85. The molecule has 6 nitrogen and oxygen atoms in total. The zero-order valence-electron chi connectivity index (χ0n) is 19.4. The van der Waals surface area contributed by atoms with Crippen molar-refractivity contribution in [1.82, 2.24) is 0 Å². The highest BCUT2D eigenvalue weighted by molar-refractivity contribution is 7.94. The Morgan fingerprint density at radius 3 is 1.45 bits per heavy atom. The average Bonchev–Trinajstić information content (AvgIpc) is 2.85. The summed E-state index contributed by atoms with van der Waals surface area (Å²) in [5.41, 5.74) is -2.24. The Hall–Kier alpha value is -2.82. The third-order valence-corrected chi connectivity index (χ3v) is 8.40. The van der Waals surface area contributed by atoms with Gasteiger partial charge in [-0.3, -0.25) is 0 Å². The normalized spacial score (nSPS) is 15.4. The van der Waals surface area contributed by atoms with E-state index in [1.807, 2.05) is 0 Å². The fourth-order valence-electron chi connectivity index (χ4n) is 2.56. The molecule has 0 saturated carbocycles. The van der Waals surface area contributed by atoms with Crippen molar-refractivity contribution in [1.29, 1.82) is 5.26 Å². The molecule has 27 heteroatoms. The van der Waals surface area contributed by atoms with Gasteiger partial charge >= 0.3 is 57.0 Å². The van der Waals surface area contributed by atoms with Gasteiger partial charge in [-0.2, -0.15) is 88.3 Å². The summed E-state index contributed by atoms with van der Waals surface area (Å²) in [5.74, 6) is -53.3. The van der Waals surface area contributed by atoms with Crippen molar-refractivity contribution in [2.24, 2.45) is 0 Å². The van der Waals surface area contributed by atoms with E-state index in [1.54, 1.807) is 0 Å². The highest BCUT2D eigenvalue weighted by Gasteiger charge is 2.96. The van der Waals surface area contributed by atoms with Crippen molar-refractivity contribution in [3.05, 3.63) is 34.7 Å². The maximum atomic E-state index is 14.5. The summed E-state index contributed by atoms with van der Waals surface area (Å²) >= 11 is 5.40. The standard InChI is InChI=1S/C17H5ClF18N2O4S2/c18-8-3-2-7(6-9(8)43(39,40)5-1-4-37)38(36)44(41,42)17(34,35)15(29,30)13(25,26)11(21,22)10(19,20)12(23,24)14(27,28)16(31,32)33/h1-3,5-6H. The minimum Gasteiger partial charge on any atom is -0.219 e. The predicted molar refractivity (Wildman–Crippen MR) is 107 cm³/mol. The minimum absolute atomic E-state index is 0.0707. The van der Waals surface area contributed by atoms with E-state index in [0.29, 0.717) is 0 Å². The Morgan fingerprint density at radius 1 is 0.682 bits per heavy atom. The van der Waals surface area contributed by atoms with Crippen molar-refractivity contribution >= 4 is 37.1 Å². The van der Waals surface area contributed by atoms with Crippen LogP contribution in [0.5, 0.6) is 0 Å². The van der Waals surface area contributed by atoms with Crippen LogP contribution in [0, 0.1) is 11.3 Å². The summed E-state index contributed by atoms with van der Waals surface area (Å²) in [6.45, 7) is 0. The van der Waals surface area contributed by atoms with Gasteiger partial charge in [-0.1, -0.05) is 20.6 Å². The summed E-state index contributed by atoms with van der Waals surface area (Å²) in [4.78, 5) is -1.56. The SMILES string of the molecule is N#CC=CS(=O)(=O)c1cc(N(F)S(=O)(=O)C(F)(F)C(F)(F)C(F)(F)C(F)(F)C(F)(F)C(F)(F)C(F)(F)C(F)(F)F)ccc1Cl. The van der Waals surface area contributed by atoms with Crippen LogP contribution < -0.4 is 4.53 Å². The van der Waals surface area contributed by atoms with Crippen molar-refractivity contribution in [2.45, 2.75) is 51.9 Å². The van der Waals surface area contributed by atoms with E-state index in [0.717, 1.165) is 6.07 Å². The molecule has 0 radical (unpaired) electrons. The number of hydrogen-bond donors (Lipinski definition) is 0. The Bertz CT molecular complexity index is 1570. The van der Waals surface area contributed by atoms with Gasteiger partial charge < -0.3 is 0 Å². The number of benzene rings is 1. The van der Waals surface area contributed by atoms with Crippen LogP contribution in [0.2, 0.25) is 5.02 Å². The maximum Gasteiger partial charge on any atom is 0.460 e. The molecule has 0 aliphatic rings. The number of allylic oxidation sites excluding steroid dienone is 1. The zero-order chi connectivity index (χ0) is 35.6. The second-order valence-corrected chi connectivity index (χ2v) is 11.8. The van der Waals surface area contributed by atoms with E-state index in [1.165, 1.54) is 0 Å². The minimum atomic E-state index is -9.13. The van der Waals surface area contributed by atoms with Gasteiger partial charge in [-0.05, 0) is 18.2 Å². The van der Waals surface area contributed by atoms with Crippen molar-refractivity contribution in [3.63, 3.8) is 0 Å². The fourth-order valence-corrected chi connectivity index (χ4v) is 5.06. The maximum absolute atomic E-state index is 14.5.